The minimum atomic E-state index is -0.323. The number of hydrogen-bond acceptors (Lipinski definition) is 3. The molecular formula is C16H21NO3. The summed E-state index contributed by atoms with van der Waals surface area (Å²) in [5.74, 6) is -0.169. The Morgan fingerprint density at radius 3 is 2.80 bits per heavy atom. The molecule has 0 aliphatic heterocycles. The summed E-state index contributed by atoms with van der Waals surface area (Å²) in [5.41, 5.74) is 2.32. The first-order chi connectivity index (χ1) is 9.67. The van der Waals surface area contributed by atoms with Crippen LogP contribution in [0.25, 0.3) is 10.9 Å². The average molecular weight is 275 g/mol. The van der Waals surface area contributed by atoms with Crippen LogP contribution >= 0.6 is 0 Å². The molecule has 1 aromatic carbocycles. The number of aromatic nitrogens is 1. The molecule has 1 aromatic heterocycles. The lowest BCUT2D eigenvalue weighted by Gasteiger charge is -2.04. The third kappa shape index (κ3) is 2.95. The van der Waals surface area contributed by atoms with Gasteiger partial charge in [-0.3, -0.25) is 0 Å². The molecule has 0 bridgehead atoms. The second kappa shape index (κ2) is 6.46. The van der Waals surface area contributed by atoms with E-state index >= 15 is 0 Å². The Balaban J connectivity index is 2.43. The fraction of sp³-hybridized carbons (Fsp3) is 0.438. The number of hydrogen-bond donors (Lipinski definition) is 2. The van der Waals surface area contributed by atoms with Gasteiger partial charge in [0.2, 0.25) is 0 Å². The summed E-state index contributed by atoms with van der Waals surface area (Å²) in [5, 5.41) is 10.4. The molecule has 4 heteroatoms. The zero-order valence-electron chi connectivity index (χ0n) is 12.0. The summed E-state index contributed by atoms with van der Waals surface area (Å²) in [7, 11) is 0. The molecule has 0 aliphatic rings. The third-order valence-corrected chi connectivity index (χ3v) is 3.37. The number of phenolic OH excluding ortho intramolecular Hbond substituents is 1. The monoisotopic (exact) mass is 275 g/mol. The first-order valence-corrected chi connectivity index (χ1v) is 7.18. The Hall–Kier alpha value is -1.97. The summed E-state index contributed by atoms with van der Waals surface area (Å²) in [6.45, 7) is 4.29. The Labute approximate surface area is 118 Å². The zero-order chi connectivity index (χ0) is 14.5. The number of esters is 1. The van der Waals surface area contributed by atoms with E-state index in [-0.39, 0.29) is 11.7 Å². The fourth-order valence-corrected chi connectivity index (χ4v) is 2.41. The number of carbonyl (C=O) groups is 1. The van der Waals surface area contributed by atoms with Crippen molar-refractivity contribution in [3.05, 3.63) is 29.5 Å². The van der Waals surface area contributed by atoms with Gasteiger partial charge in [-0.05, 0) is 38.0 Å². The molecule has 0 atom stereocenters. The highest BCUT2D eigenvalue weighted by Crippen LogP contribution is 2.28. The van der Waals surface area contributed by atoms with Gasteiger partial charge in [0.1, 0.15) is 5.75 Å². The number of aromatic hydroxyl groups is 1. The number of H-pyrrole nitrogens is 1. The van der Waals surface area contributed by atoms with Gasteiger partial charge in [-0.15, -0.1) is 0 Å². The molecule has 0 saturated carbocycles. The van der Waals surface area contributed by atoms with Crippen LogP contribution in [0.1, 0.15) is 49.2 Å². The topological polar surface area (TPSA) is 62.3 Å². The number of unbranched alkanes of at least 4 members (excludes halogenated alkanes) is 2. The first-order valence-electron chi connectivity index (χ1n) is 7.18. The summed E-state index contributed by atoms with van der Waals surface area (Å²) in [4.78, 5) is 15.4. The molecule has 108 valence electrons. The van der Waals surface area contributed by atoms with E-state index in [1.807, 2.05) is 0 Å². The highest BCUT2D eigenvalue weighted by atomic mass is 16.5. The van der Waals surface area contributed by atoms with Crippen molar-refractivity contribution in [1.29, 1.82) is 0 Å². The van der Waals surface area contributed by atoms with Gasteiger partial charge < -0.3 is 14.8 Å². The first kappa shape index (κ1) is 14.4. The number of rotatable bonds is 6. The molecule has 0 saturated heterocycles. The molecule has 0 aliphatic carbocycles. The number of aryl methyl sites for hydroxylation is 1. The highest BCUT2D eigenvalue weighted by Gasteiger charge is 2.19. The van der Waals surface area contributed by atoms with Crippen molar-refractivity contribution in [1.82, 2.24) is 4.98 Å². The van der Waals surface area contributed by atoms with E-state index < -0.39 is 0 Å². The number of ether oxygens (including phenoxy) is 1. The maximum atomic E-state index is 12.2. The molecule has 0 spiro atoms. The molecule has 0 unspecified atom stereocenters. The molecular weight excluding hydrogens is 254 g/mol. The van der Waals surface area contributed by atoms with E-state index in [1.54, 1.807) is 25.1 Å². The molecule has 2 N–H and O–H groups in total. The smallest absolute Gasteiger partial charge is 0.340 e. The second-order valence-corrected chi connectivity index (χ2v) is 4.89. The summed E-state index contributed by atoms with van der Waals surface area (Å²) in [6.07, 6.45) is 4.11. The Morgan fingerprint density at radius 1 is 1.30 bits per heavy atom. The Kier molecular flexibility index (Phi) is 4.66. The molecule has 4 nitrogen and oxygen atoms in total. The van der Waals surface area contributed by atoms with Gasteiger partial charge in [0.15, 0.2) is 0 Å². The number of nitrogens with one attached hydrogen (secondary N) is 1. The van der Waals surface area contributed by atoms with Crippen LogP contribution in [0.3, 0.4) is 0 Å². The van der Waals surface area contributed by atoms with Crippen LogP contribution in [0.15, 0.2) is 18.2 Å². The van der Waals surface area contributed by atoms with Crippen molar-refractivity contribution in [2.24, 2.45) is 0 Å². The van der Waals surface area contributed by atoms with Crippen LogP contribution in [0.4, 0.5) is 0 Å². The molecule has 0 fully saturated rings. The fourth-order valence-electron chi connectivity index (χ4n) is 2.41. The van der Waals surface area contributed by atoms with Gasteiger partial charge in [-0.25, -0.2) is 4.79 Å². The van der Waals surface area contributed by atoms with Crippen LogP contribution in [0.2, 0.25) is 0 Å². The third-order valence-electron chi connectivity index (χ3n) is 3.37. The lowest BCUT2D eigenvalue weighted by Crippen LogP contribution is -2.07. The maximum absolute atomic E-state index is 12.2. The normalized spacial score (nSPS) is 10.9. The van der Waals surface area contributed by atoms with Crippen LogP contribution in [0, 0.1) is 0 Å². The van der Waals surface area contributed by atoms with Gasteiger partial charge >= 0.3 is 5.97 Å². The minimum Gasteiger partial charge on any atom is -0.508 e. The van der Waals surface area contributed by atoms with Crippen molar-refractivity contribution in [3.8, 4) is 5.75 Å². The van der Waals surface area contributed by atoms with E-state index in [2.05, 4.69) is 11.9 Å². The van der Waals surface area contributed by atoms with Gasteiger partial charge in [0.25, 0.3) is 0 Å². The molecule has 2 aromatic rings. The van der Waals surface area contributed by atoms with Crippen molar-refractivity contribution in [3.63, 3.8) is 0 Å². The van der Waals surface area contributed by atoms with Gasteiger partial charge in [0, 0.05) is 16.6 Å². The predicted octanol–water partition coefficient (Wildman–Crippen LogP) is 3.78. The molecule has 2 rings (SSSR count). The zero-order valence-corrected chi connectivity index (χ0v) is 12.0. The van der Waals surface area contributed by atoms with Crippen molar-refractivity contribution >= 4 is 16.9 Å². The summed E-state index contributed by atoms with van der Waals surface area (Å²) in [6, 6.07) is 5.02. The minimum absolute atomic E-state index is 0.155. The number of fused-ring (bicyclic) bond motifs is 1. The Morgan fingerprint density at radius 2 is 2.10 bits per heavy atom. The van der Waals surface area contributed by atoms with E-state index in [9.17, 15) is 9.90 Å². The SMILES string of the molecule is CCCCCc1[nH]c2ccc(O)cc2c1C(=O)OCC. The van der Waals surface area contributed by atoms with Crippen LogP contribution < -0.4 is 0 Å². The lowest BCUT2D eigenvalue weighted by atomic mass is 10.1. The van der Waals surface area contributed by atoms with E-state index in [0.29, 0.717) is 12.2 Å². The predicted molar refractivity (Wildman–Crippen MR) is 79.1 cm³/mol. The Bertz CT molecular complexity index is 601. The average Bonchev–Trinajstić information content (AvgIpc) is 2.77. The van der Waals surface area contributed by atoms with Gasteiger partial charge in [-0.2, -0.15) is 0 Å². The van der Waals surface area contributed by atoms with Crippen LogP contribution in [0.5, 0.6) is 5.75 Å². The quantitative estimate of drug-likeness (QED) is 0.623. The largest absolute Gasteiger partial charge is 0.508 e. The van der Waals surface area contributed by atoms with E-state index in [1.165, 1.54) is 0 Å². The lowest BCUT2D eigenvalue weighted by molar-refractivity contribution is 0.0527. The van der Waals surface area contributed by atoms with Gasteiger partial charge in [0.05, 0.1) is 12.2 Å². The number of aromatic amines is 1. The number of benzene rings is 1. The number of carbonyl (C=O) groups excluding carboxylic acids is 1. The van der Waals surface area contributed by atoms with Crippen molar-refractivity contribution in [2.75, 3.05) is 6.61 Å². The van der Waals surface area contributed by atoms with Crippen LogP contribution in [-0.2, 0) is 11.2 Å². The highest BCUT2D eigenvalue weighted by molar-refractivity contribution is 6.06. The number of phenols is 1. The molecule has 0 amide bonds. The second-order valence-electron chi connectivity index (χ2n) is 4.89. The van der Waals surface area contributed by atoms with E-state index in [0.717, 1.165) is 42.3 Å². The van der Waals surface area contributed by atoms with E-state index in [4.69, 9.17) is 4.74 Å². The molecule has 1 heterocycles. The summed E-state index contributed by atoms with van der Waals surface area (Å²) >= 11 is 0. The molecule has 20 heavy (non-hydrogen) atoms. The molecule has 0 radical (unpaired) electrons. The standard InChI is InChI=1S/C16H21NO3/c1-3-5-6-7-14-15(16(19)20-4-2)12-10-11(18)8-9-13(12)17-14/h8-10,17-18H,3-7H2,1-2H3. The van der Waals surface area contributed by atoms with Crippen LogP contribution in [-0.4, -0.2) is 22.7 Å². The van der Waals surface area contributed by atoms with Crippen molar-refractivity contribution in [2.45, 2.75) is 39.5 Å². The van der Waals surface area contributed by atoms with Gasteiger partial charge in [-0.1, -0.05) is 19.8 Å². The van der Waals surface area contributed by atoms with Crippen molar-refractivity contribution < 1.29 is 14.6 Å². The maximum Gasteiger partial charge on any atom is 0.340 e. The summed E-state index contributed by atoms with van der Waals surface area (Å²) < 4.78 is 5.14.